The Bertz CT molecular complexity index is 2890. The van der Waals surface area contributed by atoms with E-state index >= 15 is 0 Å². The van der Waals surface area contributed by atoms with Crippen molar-refractivity contribution in [1.29, 1.82) is 0 Å². The van der Waals surface area contributed by atoms with Crippen LogP contribution in [0.2, 0.25) is 0 Å². The second-order valence-corrected chi connectivity index (χ2v) is 30.5. The Balaban J connectivity index is 5.48. The summed E-state index contributed by atoms with van der Waals surface area (Å²) in [6.07, 6.45) is 102. The fourth-order valence-electron chi connectivity index (χ4n) is 10.7. The molecule has 0 fully saturated rings. The minimum absolute atomic E-state index is 0.0514. The van der Waals surface area contributed by atoms with Gasteiger partial charge in [-0.25, -0.2) is 9.13 Å². The number of phosphoric acid groups is 2. The van der Waals surface area contributed by atoms with Crippen molar-refractivity contribution in [1.82, 2.24) is 0 Å². The minimum Gasteiger partial charge on any atom is -0.462 e. The van der Waals surface area contributed by atoms with Gasteiger partial charge in [0.2, 0.25) is 0 Å². The van der Waals surface area contributed by atoms with E-state index in [4.69, 9.17) is 37.0 Å². The van der Waals surface area contributed by atoms with Crippen molar-refractivity contribution in [2.45, 2.75) is 329 Å². The van der Waals surface area contributed by atoms with Crippen molar-refractivity contribution in [3.63, 3.8) is 0 Å². The molecule has 0 bridgehead atoms. The molecule has 17 nitrogen and oxygen atoms in total. The van der Waals surface area contributed by atoms with E-state index in [0.29, 0.717) is 25.7 Å². The molecule has 0 amide bonds. The van der Waals surface area contributed by atoms with E-state index in [2.05, 4.69) is 222 Å². The van der Waals surface area contributed by atoms with Gasteiger partial charge in [-0.3, -0.25) is 37.3 Å². The molecule has 0 aliphatic heterocycles. The summed E-state index contributed by atoms with van der Waals surface area (Å²) in [6, 6.07) is 0. The lowest BCUT2D eigenvalue weighted by molar-refractivity contribution is -0.161. The third kappa shape index (κ3) is 81.9. The van der Waals surface area contributed by atoms with Crippen molar-refractivity contribution in [3.05, 3.63) is 194 Å². The van der Waals surface area contributed by atoms with Gasteiger partial charge in [-0.2, -0.15) is 0 Å². The van der Waals surface area contributed by atoms with Crippen LogP contribution in [0.1, 0.15) is 310 Å². The molecule has 5 unspecified atom stereocenters. The maximum absolute atomic E-state index is 13.2. The van der Waals surface area contributed by atoms with Gasteiger partial charge in [0.15, 0.2) is 12.2 Å². The van der Waals surface area contributed by atoms with Crippen molar-refractivity contribution >= 4 is 39.5 Å². The topological polar surface area (TPSA) is 237 Å². The van der Waals surface area contributed by atoms with Crippen LogP contribution in [0.4, 0.5) is 0 Å². The largest absolute Gasteiger partial charge is 0.472 e. The van der Waals surface area contributed by atoms with Gasteiger partial charge in [-0.15, -0.1) is 0 Å². The van der Waals surface area contributed by atoms with Gasteiger partial charge in [-0.1, -0.05) is 299 Å². The number of aliphatic hydroxyl groups excluding tert-OH is 1. The Kier molecular flexibility index (Phi) is 78.4. The number of carbonyl (C=O) groups is 4. The number of hydrogen-bond acceptors (Lipinski definition) is 15. The van der Waals surface area contributed by atoms with Crippen molar-refractivity contribution < 1.29 is 80.2 Å². The first-order valence-electron chi connectivity index (χ1n) is 42.7. The van der Waals surface area contributed by atoms with E-state index in [1.165, 1.54) is 0 Å². The fraction of sp³-hybridized carbons (Fsp3) is 0.613. The standard InChI is InChI=1S/C93H150O17P2/c1-5-9-13-17-21-25-29-33-37-41-43-47-49-53-57-61-65-69-73-77-90(95)103-83-88(109-92(97)79-75-71-67-63-59-55-51-45-39-35-31-27-23-19-15-11-7-3)85-107-111(99,100)105-81-87(94)82-106-112(101,102)108-86-89(110-93(98)80-76-72-68-64-60-56-52-46-40-36-32-28-24-20-16-12-8-4)84-104-91(96)78-74-70-66-62-58-54-50-48-44-42-38-34-30-26-22-18-14-10-6-2/h9-16,21-28,33-40,43-44,47-48,51,53,55,57,87-89,94H,5-8,17-20,29-32,41-42,45-46,49-50,52,54,56,58-86H2,1-4H3,(H,99,100)(H,101,102)/b13-9-,14-10-,15-11-,16-12-,25-21-,26-22-,27-23-,28-24-,37-33-,38-34-,39-35-,40-36-,47-43-,48-44-,55-51-,57-53-. The van der Waals surface area contributed by atoms with E-state index in [0.717, 1.165) is 231 Å². The van der Waals surface area contributed by atoms with Crippen LogP contribution in [0.25, 0.3) is 0 Å². The maximum atomic E-state index is 13.2. The first kappa shape index (κ1) is 106. The Hall–Kier alpha value is -6.10. The quantitative estimate of drug-likeness (QED) is 0.0169. The highest BCUT2D eigenvalue weighted by atomic mass is 31.2. The fourth-order valence-corrected chi connectivity index (χ4v) is 12.3. The molecule has 0 aromatic heterocycles. The Morgan fingerprint density at radius 1 is 0.250 bits per heavy atom. The highest BCUT2D eigenvalue weighted by molar-refractivity contribution is 7.47. The van der Waals surface area contributed by atoms with Crippen molar-refractivity contribution in [2.24, 2.45) is 0 Å². The summed E-state index contributed by atoms with van der Waals surface area (Å²) in [6.45, 7) is 4.34. The minimum atomic E-state index is -5.01. The van der Waals surface area contributed by atoms with Gasteiger partial charge >= 0.3 is 39.5 Å². The van der Waals surface area contributed by atoms with Crippen LogP contribution in [-0.4, -0.2) is 96.7 Å². The van der Waals surface area contributed by atoms with Crippen LogP contribution in [0.5, 0.6) is 0 Å². The number of esters is 4. The van der Waals surface area contributed by atoms with E-state index in [1.54, 1.807) is 0 Å². The molecule has 634 valence electrons. The summed E-state index contributed by atoms with van der Waals surface area (Å²) in [5, 5.41) is 10.7. The van der Waals surface area contributed by atoms with Crippen LogP contribution >= 0.6 is 15.6 Å². The molecule has 112 heavy (non-hydrogen) atoms. The zero-order valence-corrected chi connectivity index (χ0v) is 71.3. The van der Waals surface area contributed by atoms with E-state index in [9.17, 15) is 43.2 Å². The van der Waals surface area contributed by atoms with Crippen LogP contribution < -0.4 is 0 Å². The predicted molar refractivity (Wildman–Crippen MR) is 463 cm³/mol. The van der Waals surface area contributed by atoms with Gasteiger partial charge in [0, 0.05) is 25.7 Å². The predicted octanol–water partition coefficient (Wildman–Crippen LogP) is 25.7. The zero-order chi connectivity index (χ0) is 81.7. The average molecular weight is 1600 g/mol. The van der Waals surface area contributed by atoms with Gasteiger partial charge in [0.1, 0.15) is 19.3 Å². The first-order valence-corrected chi connectivity index (χ1v) is 45.7. The molecule has 19 heteroatoms. The molecule has 0 saturated carbocycles. The number of allylic oxidation sites excluding steroid dienone is 32. The molecule has 0 saturated heterocycles. The summed E-state index contributed by atoms with van der Waals surface area (Å²) in [7, 11) is -10.0. The molecule has 0 aliphatic rings. The van der Waals surface area contributed by atoms with Crippen LogP contribution in [0.3, 0.4) is 0 Å². The average Bonchev–Trinajstić information content (AvgIpc) is 0.895. The van der Waals surface area contributed by atoms with Gasteiger partial charge < -0.3 is 33.8 Å². The van der Waals surface area contributed by atoms with Crippen molar-refractivity contribution in [2.75, 3.05) is 39.6 Å². The Morgan fingerprint density at radius 3 is 0.679 bits per heavy atom. The second-order valence-electron chi connectivity index (χ2n) is 27.6. The molecule has 0 heterocycles. The highest BCUT2D eigenvalue weighted by Gasteiger charge is 2.30. The first-order chi connectivity index (χ1) is 54.7. The molecule has 3 N–H and O–H groups in total. The molecule has 0 spiro atoms. The van der Waals surface area contributed by atoms with Gasteiger partial charge in [-0.05, 0) is 180 Å². The third-order valence-corrected chi connectivity index (χ3v) is 18.9. The summed E-state index contributed by atoms with van der Waals surface area (Å²) >= 11 is 0. The van der Waals surface area contributed by atoms with Crippen LogP contribution in [-0.2, 0) is 65.4 Å². The summed E-state index contributed by atoms with van der Waals surface area (Å²) in [5.74, 6) is -2.28. The SMILES string of the molecule is CC/C=C\C/C=C\C/C=C\C/C=C\C/C=C\CCCCCC(=O)OCC(COP(=O)(O)OCC(O)COP(=O)(O)OCC(COC(=O)CCCCCCCC/C=C\C/C=C\C/C=C\C/C=C\CC)OC(=O)CCCCCCCCC/C=C\C/C=C\C/C=C\CC)OC(=O)CCCCCC/C=C\C/C=C\C/C=C\C/C=C\CC. The Labute approximate surface area is 678 Å². The number of ether oxygens (including phenoxy) is 4. The summed E-state index contributed by atoms with van der Waals surface area (Å²) in [4.78, 5) is 73.3. The molecular formula is C93H150O17P2. The second kappa shape index (κ2) is 82.9. The van der Waals surface area contributed by atoms with E-state index < -0.39 is 97.5 Å². The molecule has 0 aromatic carbocycles. The van der Waals surface area contributed by atoms with Gasteiger partial charge in [0.05, 0.1) is 26.4 Å². The molecule has 0 aliphatic carbocycles. The smallest absolute Gasteiger partial charge is 0.462 e. The number of rotatable bonds is 78. The maximum Gasteiger partial charge on any atom is 0.472 e. The van der Waals surface area contributed by atoms with Gasteiger partial charge in [0.25, 0.3) is 0 Å². The molecular weight excluding hydrogens is 1450 g/mol. The normalized spacial score (nSPS) is 14.7. The third-order valence-electron chi connectivity index (χ3n) is 17.0. The monoisotopic (exact) mass is 1600 g/mol. The van der Waals surface area contributed by atoms with E-state index in [-0.39, 0.29) is 25.7 Å². The molecule has 0 aromatic rings. The van der Waals surface area contributed by atoms with E-state index in [1.807, 2.05) is 0 Å². The summed E-state index contributed by atoms with van der Waals surface area (Å²) < 4.78 is 68.8. The lowest BCUT2D eigenvalue weighted by atomic mass is 10.1. The lowest BCUT2D eigenvalue weighted by Gasteiger charge is -2.21. The van der Waals surface area contributed by atoms with Crippen LogP contribution in [0.15, 0.2) is 194 Å². The van der Waals surface area contributed by atoms with Crippen LogP contribution in [0, 0.1) is 0 Å². The molecule has 0 radical (unpaired) electrons. The summed E-state index contributed by atoms with van der Waals surface area (Å²) in [5.41, 5.74) is 0. The number of carbonyl (C=O) groups excluding carboxylic acids is 4. The highest BCUT2D eigenvalue weighted by Crippen LogP contribution is 2.45. The molecule has 5 atom stereocenters. The lowest BCUT2D eigenvalue weighted by Crippen LogP contribution is -2.30. The number of hydrogen-bond donors (Lipinski definition) is 3. The number of unbranched alkanes of at least 4 members (excludes halogenated alkanes) is 20. The number of aliphatic hydroxyl groups is 1. The Morgan fingerprint density at radius 2 is 0.438 bits per heavy atom. The number of phosphoric ester groups is 2. The van der Waals surface area contributed by atoms with Crippen molar-refractivity contribution in [3.8, 4) is 0 Å². The molecule has 0 rings (SSSR count). The zero-order valence-electron chi connectivity index (χ0n) is 69.5.